The fraction of sp³-hybridized carbons (Fsp3) is 0.368. The Hall–Kier alpha value is -5.04. The lowest BCUT2D eigenvalue weighted by atomic mass is 9.82. The fourth-order valence-electron chi connectivity index (χ4n) is 6.28. The highest BCUT2D eigenvalue weighted by molar-refractivity contribution is 9.10. The predicted octanol–water partition coefficient (Wildman–Crippen LogP) is 7.10. The summed E-state index contributed by atoms with van der Waals surface area (Å²) in [6.45, 7) is 8.39. The molecule has 4 aromatic rings. The molecule has 0 saturated carbocycles. The Labute approximate surface area is 305 Å². The van der Waals surface area contributed by atoms with Crippen molar-refractivity contribution in [3.8, 4) is 0 Å². The molecular formula is C38H42BrN5O7. The van der Waals surface area contributed by atoms with Crippen molar-refractivity contribution < 1.29 is 33.4 Å². The lowest BCUT2D eigenvalue weighted by molar-refractivity contribution is -0.156. The maximum absolute atomic E-state index is 14.1. The van der Waals surface area contributed by atoms with Gasteiger partial charge < -0.3 is 24.4 Å². The minimum atomic E-state index is -0.721. The summed E-state index contributed by atoms with van der Waals surface area (Å²) in [6.07, 6.45) is 1.98. The lowest BCUT2D eigenvalue weighted by Crippen LogP contribution is -2.56. The van der Waals surface area contributed by atoms with Crippen molar-refractivity contribution in [2.75, 3.05) is 30.4 Å². The van der Waals surface area contributed by atoms with Crippen LogP contribution >= 0.6 is 15.9 Å². The number of ether oxygens (including phenoxy) is 3. The number of esters is 1. The zero-order valence-corrected chi connectivity index (χ0v) is 30.9. The molecule has 0 unspecified atom stereocenters. The van der Waals surface area contributed by atoms with Gasteiger partial charge in [-0.05, 0) is 56.5 Å². The molecule has 51 heavy (non-hydrogen) atoms. The fourth-order valence-corrected chi connectivity index (χ4v) is 6.63. The van der Waals surface area contributed by atoms with Crippen molar-refractivity contribution >= 4 is 62.1 Å². The van der Waals surface area contributed by atoms with Gasteiger partial charge in [0.15, 0.2) is 5.78 Å². The van der Waals surface area contributed by atoms with E-state index in [9.17, 15) is 19.2 Å². The minimum absolute atomic E-state index is 0.0577. The molecule has 12 nitrogen and oxygen atoms in total. The van der Waals surface area contributed by atoms with Crippen LogP contribution in [0.4, 0.5) is 21.0 Å². The molecule has 1 aliphatic rings. The lowest BCUT2D eigenvalue weighted by Gasteiger charge is -2.44. The molecule has 0 aliphatic carbocycles. The maximum atomic E-state index is 14.1. The van der Waals surface area contributed by atoms with E-state index in [-0.39, 0.29) is 60.5 Å². The summed E-state index contributed by atoms with van der Waals surface area (Å²) in [7, 11) is 1.30. The van der Waals surface area contributed by atoms with Crippen molar-refractivity contribution in [2.24, 2.45) is 11.8 Å². The van der Waals surface area contributed by atoms with Crippen LogP contribution in [0.1, 0.15) is 55.7 Å². The smallest absolute Gasteiger partial charge is 0.412 e. The number of piperidine rings is 1. The Kier molecular flexibility index (Phi) is 11.9. The average Bonchev–Trinajstić information content (AvgIpc) is 3.08. The number of amides is 2. The predicted molar refractivity (Wildman–Crippen MR) is 197 cm³/mol. The van der Waals surface area contributed by atoms with E-state index in [4.69, 9.17) is 14.2 Å². The number of aromatic nitrogens is 2. The molecule has 2 amide bonds. The Bertz CT molecular complexity index is 1900. The molecule has 1 aliphatic heterocycles. The summed E-state index contributed by atoms with van der Waals surface area (Å²) < 4.78 is 16.8. The zero-order chi connectivity index (χ0) is 36.7. The normalized spacial score (nSPS) is 17.4. The van der Waals surface area contributed by atoms with Crippen molar-refractivity contribution in [1.82, 2.24) is 15.3 Å². The molecule has 5 rings (SSSR count). The quantitative estimate of drug-likeness (QED) is 0.0975. The zero-order valence-electron chi connectivity index (χ0n) is 29.3. The molecule has 3 atom stereocenters. The summed E-state index contributed by atoms with van der Waals surface area (Å²) in [6, 6.07) is 18.0. The number of benzene rings is 2. The number of anilines is 2. The van der Waals surface area contributed by atoms with E-state index >= 15 is 0 Å². The second kappa shape index (κ2) is 16.3. The van der Waals surface area contributed by atoms with Gasteiger partial charge in [-0.2, -0.15) is 0 Å². The number of alkyl carbamates (subject to hydrolysis) is 1. The standard InChI is InChI=1S/C38H42BrN5O7/c1-23-20-44(21-27(34(23)43-36(47)49-5)17-33(46)51-38(2,3)4)31-13-14-40-19-26(31)16-32(45)35-30(15-25-11-12-28(39)18-29(25)41-35)42-37(48)50-22-24-9-7-6-8-10-24/h6-15,18-19,23,27,34H,16-17,20-22H2,1-5H3,(H,42,48)(H,43,47)/t23-,27+,34-/m0/s1. The second-order valence-corrected chi connectivity index (χ2v) is 14.5. The van der Waals surface area contributed by atoms with Gasteiger partial charge in [0.25, 0.3) is 0 Å². The first kappa shape index (κ1) is 37.2. The molecule has 13 heteroatoms. The number of fused-ring (bicyclic) bond motifs is 1. The maximum Gasteiger partial charge on any atom is 0.412 e. The van der Waals surface area contributed by atoms with Crippen LogP contribution in [-0.2, 0) is 32.0 Å². The number of rotatable bonds is 10. The van der Waals surface area contributed by atoms with Crippen LogP contribution in [0.3, 0.4) is 0 Å². The number of Topliss-reactive ketones (excluding diaryl/α,β-unsaturated/α-hetero) is 1. The highest BCUT2D eigenvalue weighted by Gasteiger charge is 2.38. The number of hydrogen-bond donors (Lipinski definition) is 2. The third-order valence-corrected chi connectivity index (χ3v) is 8.96. The van der Waals surface area contributed by atoms with Gasteiger partial charge >= 0.3 is 18.2 Å². The van der Waals surface area contributed by atoms with Crippen LogP contribution < -0.4 is 15.5 Å². The van der Waals surface area contributed by atoms with Crippen LogP contribution in [0.25, 0.3) is 10.9 Å². The Balaban J connectivity index is 1.41. The van der Waals surface area contributed by atoms with E-state index in [0.29, 0.717) is 24.2 Å². The van der Waals surface area contributed by atoms with E-state index in [0.717, 1.165) is 21.1 Å². The van der Waals surface area contributed by atoms with Gasteiger partial charge in [-0.15, -0.1) is 0 Å². The summed E-state index contributed by atoms with van der Waals surface area (Å²) >= 11 is 3.48. The number of methoxy groups -OCH3 is 1. The Morgan fingerprint density at radius 1 is 1.00 bits per heavy atom. The second-order valence-electron chi connectivity index (χ2n) is 13.6. The number of hydrogen-bond acceptors (Lipinski definition) is 10. The third-order valence-electron chi connectivity index (χ3n) is 8.47. The number of ketones is 1. The van der Waals surface area contributed by atoms with Gasteiger partial charge in [-0.1, -0.05) is 59.3 Å². The first-order valence-corrected chi connectivity index (χ1v) is 17.4. The van der Waals surface area contributed by atoms with Gasteiger partial charge in [0, 0.05) is 65.0 Å². The first-order chi connectivity index (χ1) is 24.3. The SMILES string of the molecule is COC(=O)N[C@@H]1[C@H](CC(=O)OC(C)(C)C)CN(c2ccncc2CC(=O)c2nc3cc(Br)ccc3cc2NC(=O)OCc2ccccc2)C[C@@H]1C. The molecule has 1 saturated heterocycles. The monoisotopic (exact) mass is 759 g/mol. The van der Waals surface area contributed by atoms with Gasteiger partial charge in [-0.25, -0.2) is 14.6 Å². The number of nitrogens with zero attached hydrogens (tertiary/aromatic N) is 3. The van der Waals surface area contributed by atoms with Crippen molar-refractivity contribution in [3.63, 3.8) is 0 Å². The minimum Gasteiger partial charge on any atom is -0.460 e. The molecule has 0 radical (unpaired) electrons. The van der Waals surface area contributed by atoms with Crippen LogP contribution in [0.2, 0.25) is 0 Å². The molecule has 268 valence electrons. The molecule has 3 heterocycles. The molecule has 0 spiro atoms. The topological polar surface area (TPSA) is 149 Å². The number of halogens is 1. The summed E-state index contributed by atoms with van der Waals surface area (Å²) in [5.74, 6) is -1.14. The molecule has 2 aromatic carbocycles. The van der Waals surface area contributed by atoms with E-state index in [2.05, 4.69) is 41.4 Å². The van der Waals surface area contributed by atoms with Crippen LogP contribution in [0, 0.1) is 11.8 Å². The summed E-state index contributed by atoms with van der Waals surface area (Å²) in [5.41, 5.74) is 2.42. The van der Waals surface area contributed by atoms with Crippen LogP contribution in [-0.4, -0.2) is 65.7 Å². The largest absolute Gasteiger partial charge is 0.460 e. The van der Waals surface area contributed by atoms with Crippen molar-refractivity contribution in [2.45, 2.75) is 58.8 Å². The average molecular weight is 761 g/mol. The van der Waals surface area contributed by atoms with E-state index < -0.39 is 17.8 Å². The number of pyridine rings is 2. The number of nitrogens with one attached hydrogen (secondary N) is 2. The first-order valence-electron chi connectivity index (χ1n) is 16.6. The van der Waals surface area contributed by atoms with Gasteiger partial charge in [0.1, 0.15) is 17.9 Å². The number of carbonyl (C=O) groups is 4. The molecule has 0 bridgehead atoms. The molecule has 1 fully saturated rings. The van der Waals surface area contributed by atoms with E-state index in [1.807, 2.05) is 76.2 Å². The summed E-state index contributed by atoms with van der Waals surface area (Å²) in [4.78, 5) is 63.5. The van der Waals surface area contributed by atoms with Crippen molar-refractivity contribution in [3.05, 3.63) is 94.4 Å². The Morgan fingerprint density at radius 3 is 2.49 bits per heavy atom. The van der Waals surface area contributed by atoms with Gasteiger partial charge in [0.2, 0.25) is 0 Å². The Morgan fingerprint density at radius 2 is 1.76 bits per heavy atom. The van der Waals surface area contributed by atoms with Crippen molar-refractivity contribution in [1.29, 1.82) is 0 Å². The third kappa shape index (κ3) is 10.0. The summed E-state index contributed by atoms with van der Waals surface area (Å²) in [5, 5.41) is 6.38. The van der Waals surface area contributed by atoms with E-state index in [1.165, 1.54) is 7.11 Å². The van der Waals surface area contributed by atoms with Gasteiger partial charge in [0.05, 0.1) is 24.7 Å². The van der Waals surface area contributed by atoms with Gasteiger partial charge in [-0.3, -0.25) is 19.9 Å². The highest BCUT2D eigenvalue weighted by Crippen LogP contribution is 2.33. The molecule has 2 N–H and O–H groups in total. The van der Waals surface area contributed by atoms with E-state index in [1.54, 1.807) is 24.5 Å². The molecule has 2 aromatic heterocycles. The number of carbonyl (C=O) groups excluding carboxylic acids is 4. The van der Waals surface area contributed by atoms with Crippen LogP contribution in [0.15, 0.2) is 77.5 Å². The van der Waals surface area contributed by atoms with Crippen LogP contribution in [0.5, 0.6) is 0 Å². The highest BCUT2D eigenvalue weighted by atomic mass is 79.9. The molecular weight excluding hydrogens is 718 g/mol.